The van der Waals surface area contributed by atoms with Gasteiger partial charge in [-0.25, -0.2) is 0 Å². The van der Waals surface area contributed by atoms with Gasteiger partial charge in [0.1, 0.15) is 0 Å². The molecule has 1 aromatic rings. The Morgan fingerprint density at radius 2 is 2.18 bits per heavy atom. The van der Waals surface area contributed by atoms with Gasteiger partial charge < -0.3 is 5.32 Å². The van der Waals surface area contributed by atoms with Gasteiger partial charge in [-0.05, 0) is 36.4 Å². The number of hydrogen-bond acceptors (Lipinski definition) is 4. The predicted molar refractivity (Wildman–Crippen MR) is 64.7 cm³/mol. The third kappa shape index (κ3) is 2.65. The second kappa shape index (κ2) is 4.58. The highest BCUT2D eigenvalue weighted by atomic mass is 32.2. The number of thioether (sulfide) groups is 1. The van der Waals surface area contributed by atoms with E-state index in [1.807, 2.05) is 13.0 Å². The first-order chi connectivity index (χ1) is 8.06. The highest BCUT2D eigenvalue weighted by molar-refractivity contribution is 8.16. The molecule has 6 heteroatoms. The summed E-state index contributed by atoms with van der Waals surface area (Å²) in [4.78, 5) is 33.9. The molecule has 1 saturated heterocycles. The van der Waals surface area contributed by atoms with Crippen LogP contribution in [0.5, 0.6) is 0 Å². The molecular formula is C11H10N2O3S. The van der Waals surface area contributed by atoms with Crippen LogP contribution >= 0.6 is 11.8 Å². The first-order valence-corrected chi connectivity index (χ1v) is 5.83. The van der Waals surface area contributed by atoms with E-state index in [-0.39, 0.29) is 0 Å². The van der Waals surface area contributed by atoms with Gasteiger partial charge in [0.2, 0.25) is 5.91 Å². The van der Waals surface area contributed by atoms with Gasteiger partial charge in [0.25, 0.3) is 11.1 Å². The third-order valence-electron chi connectivity index (χ3n) is 2.21. The molecule has 1 atom stereocenters. The van der Waals surface area contributed by atoms with Gasteiger partial charge in [0, 0.05) is 5.69 Å². The molecule has 1 fully saturated rings. The van der Waals surface area contributed by atoms with Crippen molar-refractivity contribution in [2.75, 3.05) is 5.32 Å². The Labute approximate surface area is 102 Å². The molecule has 5 nitrogen and oxygen atoms in total. The summed E-state index contributed by atoms with van der Waals surface area (Å²) in [6.07, 6.45) is 0. The van der Waals surface area contributed by atoms with Crippen molar-refractivity contribution in [2.24, 2.45) is 0 Å². The van der Waals surface area contributed by atoms with Crippen LogP contribution in [-0.4, -0.2) is 22.3 Å². The van der Waals surface area contributed by atoms with Gasteiger partial charge in [-0.2, -0.15) is 0 Å². The summed E-state index contributed by atoms with van der Waals surface area (Å²) in [6, 6.07) is 7.22. The van der Waals surface area contributed by atoms with Gasteiger partial charge in [-0.1, -0.05) is 12.1 Å². The maximum Gasteiger partial charge on any atom is 0.286 e. The van der Waals surface area contributed by atoms with Crippen molar-refractivity contribution in [2.45, 2.75) is 12.2 Å². The molecule has 0 bridgehead atoms. The molecule has 2 rings (SSSR count). The van der Waals surface area contributed by atoms with E-state index in [1.54, 1.807) is 18.2 Å². The van der Waals surface area contributed by atoms with E-state index < -0.39 is 22.3 Å². The van der Waals surface area contributed by atoms with Gasteiger partial charge in [0.15, 0.2) is 5.25 Å². The highest BCUT2D eigenvalue weighted by Gasteiger charge is 2.37. The Morgan fingerprint density at radius 3 is 2.76 bits per heavy atom. The van der Waals surface area contributed by atoms with Crippen LogP contribution in [0, 0.1) is 6.92 Å². The number of benzene rings is 1. The number of rotatable bonds is 2. The van der Waals surface area contributed by atoms with Crippen molar-refractivity contribution >= 4 is 34.5 Å². The molecule has 88 valence electrons. The number of anilines is 1. The van der Waals surface area contributed by atoms with E-state index in [4.69, 9.17) is 0 Å². The minimum atomic E-state index is -0.997. The number of amides is 3. The first-order valence-electron chi connectivity index (χ1n) is 4.95. The third-order valence-corrected chi connectivity index (χ3v) is 3.19. The fourth-order valence-electron chi connectivity index (χ4n) is 1.46. The van der Waals surface area contributed by atoms with Crippen molar-refractivity contribution in [3.05, 3.63) is 29.8 Å². The van der Waals surface area contributed by atoms with E-state index in [0.717, 1.165) is 5.56 Å². The minimum absolute atomic E-state index is 0.482. The van der Waals surface area contributed by atoms with Gasteiger partial charge in [-0.15, -0.1) is 0 Å². The van der Waals surface area contributed by atoms with Crippen molar-refractivity contribution in [3.63, 3.8) is 0 Å². The average molecular weight is 250 g/mol. The van der Waals surface area contributed by atoms with Crippen LogP contribution in [0.25, 0.3) is 0 Å². The number of aryl methyl sites for hydroxylation is 1. The predicted octanol–water partition coefficient (Wildman–Crippen LogP) is 1.29. The minimum Gasteiger partial charge on any atom is -0.325 e. The lowest BCUT2D eigenvalue weighted by Crippen LogP contribution is -2.33. The Hall–Kier alpha value is -1.82. The molecule has 1 aliphatic heterocycles. The maximum absolute atomic E-state index is 11.7. The summed E-state index contributed by atoms with van der Waals surface area (Å²) in [5.74, 6) is -1.05. The van der Waals surface area contributed by atoms with Gasteiger partial charge in [0.05, 0.1) is 0 Å². The van der Waals surface area contributed by atoms with Crippen molar-refractivity contribution in [1.29, 1.82) is 0 Å². The highest BCUT2D eigenvalue weighted by Crippen LogP contribution is 2.20. The molecule has 2 N–H and O–H groups in total. The molecule has 1 unspecified atom stereocenters. The van der Waals surface area contributed by atoms with Crippen molar-refractivity contribution in [3.8, 4) is 0 Å². The number of imide groups is 1. The van der Waals surface area contributed by atoms with Crippen LogP contribution in [0.2, 0.25) is 0 Å². The Bertz CT molecular complexity index is 501. The molecule has 1 heterocycles. The zero-order valence-corrected chi connectivity index (χ0v) is 9.84. The van der Waals surface area contributed by atoms with Crippen LogP contribution in [0.4, 0.5) is 10.5 Å². The van der Waals surface area contributed by atoms with E-state index in [2.05, 4.69) is 10.6 Å². The lowest BCUT2D eigenvalue weighted by Gasteiger charge is -2.07. The number of carbonyl (C=O) groups excluding carboxylic acids is 3. The second-order valence-corrected chi connectivity index (χ2v) is 4.71. The molecule has 17 heavy (non-hydrogen) atoms. The molecule has 0 radical (unpaired) electrons. The Balaban J connectivity index is 2.07. The van der Waals surface area contributed by atoms with Crippen LogP contribution in [0.1, 0.15) is 5.56 Å². The smallest absolute Gasteiger partial charge is 0.286 e. The van der Waals surface area contributed by atoms with Crippen LogP contribution in [-0.2, 0) is 9.59 Å². The standard InChI is InChI=1S/C11H10N2O3S/c1-6-3-2-4-7(5-6)12-9(14)8-10(15)13-11(16)17-8/h2-5,8H,1H3,(H,12,14)(H,13,15,16). The topological polar surface area (TPSA) is 75.3 Å². The lowest BCUT2D eigenvalue weighted by molar-refractivity contribution is -0.124. The molecular weight excluding hydrogens is 240 g/mol. The fraction of sp³-hybridized carbons (Fsp3) is 0.182. The van der Waals surface area contributed by atoms with E-state index in [1.165, 1.54) is 0 Å². The number of hydrogen-bond donors (Lipinski definition) is 2. The normalized spacial score (nSPS) is 19.0. The zero-order valence-electron chi connectivity index (χ0n) is 9.02. The molecule has 0 aromatic heterocycles. The summed E-state index contributed by atoms with van der Waals surface area (Å²) in [6.45, 7) is 1.90. The fourth-order valence-corrected chi connectivity index (χ4v) is 2.16. The molecule has 3 amide bonds. The Kier molecular flexibility index (Phi) is 3.14. The largest absolute Gasteiger partial charge is 0.325 e. The summed E-state index contributed by atoms with van der Waals surface area (Å²) in [5, 5.41) is 3.19. The van der Waals surface area contributed by atoms with E-state index in [9.17, 15) is 14.4 Å². The van der Waals surface area contributed by atoms with Crippen molar-refractivity contribution < 1.29 is 14.4 Å². The van der Waals surface area contributed by atoms with Crippen molar-refractivity contribution in [1.82, 2.24) is 5.32 Å². The van der Waals surface area contributed by atoms with Crippen LogP contribution in [0.3, 0.4) is 0 Å². The quantitative estimate of drug-likeness (QED) is 0.775. The average Bonchev–Trinajstić information content (AvgIpc) is 2.58. The van der Waals surface area contributed by atoms with Gasteiger partial charge in [-0.3, -0.25) is 19.7 Å². The molecule has 0 spiro atoms. The summed E-state index contributed by atoms with van der Waals surface area (Å²) in [7, 11) is 0. The zero-order chi connectivity index (χ0) is 12.4. The summed E-state index contributed by atoms with van der Waals surface area (Å²) in [5.41, 5.74) is 1.62. The SMILES string of the molecule is Cc1cccc(NC(=O)C2SC(=O)NC2=O)c1. The molecule has 1 aliphatic rings. The van der Waals surface area contributed by atoms with Gasteiger partial charge >= 0.3 is 0 Å². The second-order valence-electron chi connectivity index (χ2n) is 3.63. The van der Waals surface area contributed by atoms with E-state index >= 15 is 0 Å². The van der Waals surface area contributed by atoms with E-state index in [0.29, 0.717) is 17.4 Å². The summed E-state index contributed by atoms with van der Waals surface area (Å²) >= 11 is 0.694. The Morgan fingerprint density at radius 1 is 1.41 bits per heavy atom. The molecule has 0 saturated carbocycles. The molecule has 0 aliphatic carbocycles. The van der Waals surface area contributed by atoms with Crippen LogP contribution < -0.4 is 10.6 Å². The number of nitrogens with one attached hydrogen (secondary N) is 2. The monoisotopic (exact) mass is 250 g/mol. The number of carbonyl (C=O) groups is 3. The summed E-state index contributed by atoms with van der Waals surface area (Å²) < 4.78 is 0. The first kappa shape index (κ1) is 11.7. The maximum atomic E-state index is 11.7. The molecule has 1 aromatic carbocycles. The lowest BCUT2D eigenvalue weighted by atomic mass is 10.2. The van der Waals surface area contributed by atoms with Crippen LogP contribution in [0.15, 0.2) is 24.3 Å².